The Morgan fingerprint density at radius 1 is 0.825 bits per heavy atom. The lowest BCUT2D eigenvalue weighted by molar-refractivity contribution is -0.160. The molecule has 4 saturated heterocycles. The van der Waals surface area contributed by atoms with Crippen LogP contribution in [-0.4, -0.2) is 95.6 Å². The molecule has 10 nitrogen and oxygen atoms in total. The zero-order valence-electron chi connectivity index (χ0n) is 23.3. The van der Waals surface area contributed by atoms with Crippen LogP contribution in [0, 0.1) is 0 Å². The largest absolute Gasteiger partial charge is 0.507 e. The molecule has 0 radical (unpaired) electrons. The fraction of sp³-hybridized carbons (Fsp3) is 0.667. The van der Waals surface area contributed by atoms with Crippen LogP contribution in [0.25, 0.3) is 11.3 Å². The van der Waals surface area contributed by atoms with Crippen molar-refractivity contribution in [2.45, 2.75) is 94.0 Å². The van der Waals surface area contributed by atoms with Crippen LogP contribution in [0.3, 0.4) is 0 Å². The van der Waals surface area contributed by atoms with Gasteiger partial charge >= 0.3 is 0 Å². The monoisotopic (exact) mass is 549 g/mol. The minimum absolute atomic E-state index is 0.127. The van der Waals surface area contributed by atoms with E-state index in [9.17, 15) is 5.11 Å². The number of para-hydroxylation sites is 1. The zero-order chi connectivity index (χ0) is 27.1. The maximum atomic E-state index is 10.3. The molecule has 5 aliphatic rings. The number of nitrogens with two attached hydrogens (primary N) is 1. The molecular formula is C30H43N7O3. The summed E-state index contributed by atoms with van der Waals surface area (Å²) in [5.74, 6) is 0.650. The number of nitrogens with zero attached hydrogens (tertiary/aromatic N) is 4. The van der Waals surface area contributed by atoms with E-state index in [1.54, 1.807) is 6.07 Å². The number of rotatable bonds is 7. The number of benzene rings is 1. The maximum absolute atomic E-state index is 10.3. The van der Waals surface area contributed by atoms with Gasteiger partial charge in [-0.2, -0.15) is 0 Å². The van der Waals surface area contributed by atoms with E-state index in [2.05, 4.69) is 30.6 Å². The van der Waals surface area contributed by atoms with Gasteiger partial charge in [-0.15, -0.1) is 10.2 Å². The summed E-state index contributed by atoms with van der Waals surface area (Å²) >= 11 is 0. The van der Waals surface area contributed by atoms with Gasteiger partial charge in [0.25, 0.3) is 0 Å². The number of aromatic nitrogens is 2. The number of piperazine rings is 1. The first-order valence-corrected chi connectivity index (χ1v) is 15.3. The van der Waals surface area contributed by atoms with Crippen LogP contribution in [0.5, 0.6) is 5.75 Å². The third-order valence-corrected chi connectivity index (χ3v) is 9.70. The fourth-order valence-electron chi connectivity index (χ4n) is 7.60. The minimum Gasteiger partial charge on any atom is -0.507 e. The van der Waals surface area contributed by atoms with Gasteiger partial charge in [0, 0.05) is 56.0 Å². The second kappa shape index (κ2) is 11.4. The van der Waals surface area contributed by atoms with Crippen LogP contribution < -0.4 is 21.3 Å². The first-order chi connectivity index (χ1) is 19.6. The Balaban J connectivity index is 0.955. The van der Waals surface area contributed by atoms with E-state index in [0.29, 0.717) is 53.5 Å². The first-order valence-electron chi connectivity index (χ1n) is 15.3. The summed E-state index contributed by atoms with van der Waals surface area (Å²) < 4.78 is 12.8. The highest BCUT2D eigenvalue weighted by molar-refractivity contribution is 5.74. The van der Waals surface area contributed by atoms with Crippen molar-refractivity contribution in [1.29, 1.82) is 0 Å². The van der Waals surface area contributed by atoms with E-state index in [-0.39, 0.29) is 12.0 Å². The summed E-state index contributed by atoms with van der Waals surface area (Å²) in [6.07, 6.45) is 10.2. The molecule has 1 aromatic carbocycles. The lowest BCUT2D eigenvalue weighted by Gasteiger charge is -2.48. The van der Waals surface area contributed by atoms with E-state index < -0.39 is 0 Å². The lowest BCUT2D eigenvalue weighted by Crippen LogP contribution is -2.60. The van der Waals surface area contributed by atoms with Crippen molar-refractivity contribution in [2.24, 2.45) is 0 Å². The quantitative estimate of drug-likeness (QED) is 0.410. The molecule has 10 heteroatoms. The molecule has 4 unspecified atom stereocenters. The van der Waals surface area contributed by atoms with Gasteiger partial charge in [-0.05, 0) is 69.9 Å². The highest BCUT2D eigenvalue weighted by atomic mass is 16.5. The van der Waals surface area contributed by atoms with Gasteiger partial charge in [0.05, 0.1) is 29.7 Å². The predicted molar refractivity (Wildman–Crippen MR) is 154 cm³/mol. The average molecular weight is 550 g/mol. The number of anilines is 2. The van der Waals surface area contributed by atoms with E-state index in [4.69, 9.17) is 15.2 Å². The van der Waals surface area contributed by atoms with E-state index in [0.717, 1.165) is 76.9 Å². The zero-order valence-corrected chi connectivity index (χ0v) is 23.3. The van der Waals surface area contributed by atoms with Crippen molar-refractivity contribution in [1.82, 2.24) is 25.7 Å². The van der Waals surface area contributed by atoms with Gasteiger partial charge in [0.1, 0.15) is 12.0 Å². The Kier molecular flexibility index (Phi) is 7.53. The summed E-state index contributed by atoms with van der Waals surface area (Å²) in [4.78, 5) is 5.19. The van der Waals surface area contributed by atoms with Gasteiger partial charge < -0.3 is 30.5 Å². The third-order valence-electron chi connectivity index (χ3n) is 9.70. The molecule has 7 rings (SSSR count). The summed E-state index contributed by atoms with van der Waals surface area (Å²) in [5.41, 5.74) is 8.58. The number of hydrogen-bond acceptors (Lipinski definition) is 10. The Bertz CT molecular complexity index is 1160. The van der Waals surface area contributed by atoms with E-state index >= 15 is 0 Å². The Morgan fingerprint density at radius 3 is 2.35 bits per heavy atom. The smallest absolute Gasteiger partial charge is 0.169 e. The summed E-state index contributed by atoms with van der Waals surface area (Å²) in [7, 11) is 0. The Labute approximate surface area is 236 Å². The highest BCUT2D eigenvalue weighted by Gasteiger charge is 2.45. The number of ether oxygens (including phenoxy) is 2. The molecule has 2 aromatic rings. The standard InChI is InChI=1S/C30H43N7O3/c31-30-27(16-26(34-35-30)25-3-1-2-4-28(25)38)36-17-20-5-6-21(18-36)37(20)19-7-12-33-29(13-19)40-24-14-23(15-24)39-22-8-10-32-11-9-22/h1-4,16,19-24,29,32-33,38H,5-15,17-18H2,(H2,31,35). The molecule has 0 amide bonds. The molecule has 2 bridgehead atoms. The number of phenols is 1. The molecule has 5 fully saturated rings. The number of nitrogens with one attached hydrogen (secondary N) is 2. The number of fused-ring (bicyclic) bond motifs is 2. The van der Waals surface area contributed by atoms with Crippen LogP contribution in [0.15, 0.2) is 30.3 Å². The molecule has 5 heterocycles. The molecule has 1 aliphatic carbocycles. The summed E-state index contributed by atoms with van der Waals surface area (Å²) in [5, 5.41) is 25.9. The number of hydrogen-bond donors (Lipinski definition) is 4. The van der Waals surface area contributed by atoms with Crippen LogP contribution in [0.2, 0.25) is 0 Å². The van der Waals surface area contributed by atoms with Crippen molar-refractivity contribution in [3.05, 3.63) is 30.3 Å². The Morgan fingerprint density at radius 2 is 1.57 bits per heavy atom. The predicted octanol–water partition coefficient (Wildman–Crippen LogP) is 2.48. The molecule has 5 N–H and O–H groups in total. The van der Waals surface area contributed by atoms with E-state index in [1.807, 2.05) is 24.3 Å². The van der Waals surface area contributed by atoms with Crippen molar-refractivity contribution in [3.8, 4) is 17.0 Å². The molecule has 4 atom stereocenters. The van der Waals surface area contributed by atoms with Crippen molar-refractivity contribution in [2.75, 3.05) is 43.4 Å². The average Bonchev–Trinajstić information content (AvgIpc) is 3.22. The second-order valence-electron chi connectivity index (χ2n) is 12.3. The highest BCUT2D eigenvalue weighted by Crippen LogP contribution is 2.39. The molecular weight excluding hydrogens is 506 g/mol. The first kappa shape index (κ1) is 26.4. The SMILES string of the molecule is Nc1nnc(-c2ccccc2O)cc1N1CC2CCC(C1)N2C1CCNC(OC2CC(OC3CCNCC3)C2)C1. The number of piperidine rings is 2. The number of nitrogen functional groups attached to an aromatic ring is 1. The maximum Gasteiger partial charge on any atom is 0.169 e. The molecule has 4 aliphatic heterocycles. The van der Waals surface area contributed by atoms with Crippen LogP contribution >= 0.6 is 0 Å². The van der Waals surface area contributed by atoms with Crippen LogP contribution in [0.4, 0.5) is 11.5 Å². The Hall–Kier alpha value is -2.50. The molecule has 0 spiro atoms. The van der Waals surface area contributed by atoms with Crippen molar-refractivity contribution in [3.63, 3.8) is 0 Å². The van der Waals surface area contributed by atoms with Crippen molar-refractivity contribution < 1.29 is 14.6 Å². The van der Waals surface area contributed by atoms with E-state index in [1.165, 1.54) is 12.8 Å². The number of phenolic OH excluding ortho intramolecular Hbond substituents is 1. The molecule has 216 valence electrons. The fourth-order valence-corrected chi connectivity index (χ4v) is 7.60. The number of aromatic hydroxyl groups is 1. The third kappa shape index (κ3) is 5.39. The molecule has 40 heavy (non-hydrogen) atoms. The normalized spacial score (nSPS) is 33.1. The van der Waals surface area contributed by atoms with Crippen LogP contribution in [0.1, 0.15) is 51.4 Å². The summed E-state index contributed by atoms with van der Waals surface area (Å²) in [6.45, 7) is 5.02. The molecule has 1 saturated carbocycles. The molecule has 1 aromatic heterocycles. The van der Waals surface area contributed by atoms with Gasteiger partial charge in [-0.25, -0.2) is 0 Å². The van der Waals surface area contributed by atoms with Gasteiger partial charge in [-0.3, -0.25) is 10.2 Å². The lowest BCUT2D eigenvalue weighted by atomic mass is 9.91. The van der Waals surface area contributed by atoms with Crippen molar-refractivity contribution >= 4 is 11.5 Å². The second-order valence-corrected chi connectivity index (χ2v) is 12.3. The van der Waals surface area contributed by atoms with Gasteiger partial charge in [0.15, 0.2) is 5.82 Å². The summed E-state index contributed by atoms with van der Waals surface area (Å²) in [6, 6.07) is 10.8. The van der Waals surface area contributed by atoms with Gasteiger partial charge in [0.2, 0.25) is 0 Å². The minimum atomic E-state index is 0.127. The van der Waals surface area contributed by atoms with Gasteiger partial charge in [-0.1, -0.05) is 12.1 Å². The topological polar surface area (TPSA) is 121 Å². The van der Waals surface area contributed by atoms with Crippen LogP contribution in [-0.2, 0) is 9.47 Å².